The van der Waals surface area contributed by atoms with Crippen LogP contribution < -0.4 is 5.32 Å². The van der Waals surface area contributed by atoms with Crippen LogP contribution in [0.4, 0.5) is 0 Å². The standard InChI is InChI=1S/C15H13BrClNS2/c16-14-6-5-10(19-14)7-8-18-9-13-15(17)11-3-1-2-4-12(11)20-13/h1-6,18H,7-9H2. The van der Waals surface area contributed by atoms with Crippen LogP contribution in [0, 0.1) is 0 Å². The quantitative estimate of drug-likeness (QED) is 0.554. The lowest BCUT2D eigenvalue weighted by atomic mass is 10.2. The summed E-state index contributed by atoms with van der Waals surface area (Å²) in [6, 6.07) is 12.6. The molecule has 0 aliphatic carbocycles. The van der Waals surface area contributed by atoms with E-state index in [4.69, 9.17) is 11.6 Å². The van der Waals surface area contributed by atoms with Crippen molar-refractivity contribution in [3.8, 4) is 0 Å². The van der Waals surface area contributed by atoms with E-state index in [-0.39, 0.29) is 0 Å². The van der Waals surface area contributed by atoms with E-state index in [0.29, 0.717) is 0 Å². The molecule has 2 aromatic heterocycles. The van der Waals surface area contributed by atoms with Gasteiger partial charge in [0.2, 0.25) is 0 Å². The van der Waals surface area contributed by atoms with Gasteiger partial charge in [0.15, 0.2) is 0 Å². The fourth-order valence-electron chi connectivity index (χ4n) is 2.08. The lowest BCUT2D eigenvalue weighted by Crippen LogP contribution is -2.15. The van der Waals surface area contributed by atoms with Crippen LogP contribution in [-0.4, -0.2) is 6.54 Å². The fourth-order valence-corrected chi connectivity index (χ4v) is 5.03. The molecule has 0 aliphatic heterocycles. The average Bonchev–Trinajstić information content (AvgIpc) is 3.00. The van der Waals surface area contributed by atoms with Gasteiger partial charge in [-0.3, -0.25) is 0 Å². The molecule has 0 saturated carbocycles. The smallest absolute Gasteiger partial charge is 0.0701 e. The third-order valence-corrected chi connectivity index (χ3v) is 6.46. The molecular formula is C15H13BrClNS2. The topological polar surface area (TPSA) is 12.0 Å². The predicted octanol–water partition coefficient (Wildman–Crippen LogP) is 5.71. The Morgan fingerprint density at radius 1 is 1.10 bits per heavy atom. The first-order valence-corrected chi connectivity index (χ1v) is 9.15. The summed E-state index contributed by atoms with van der Waals surface area (Å²) in [6.45, 7) is 1.81. The van der Waals surface area contributed by atoms with Gasteiger partial charge < -0.3 is 5.32 Å². The van der Waals surface area contributed by atoms with Crippen molar-refractivity contribution in [2.75, 3.05) is 6.54 Å². The molecule has 5 heteroatoms. The number of hydrogen-bond donors (Lipinski definition) is 1. The van der Waals surface area contributed by atoms with E-state index in [9.17, 15) is 0 Å². The van der Waals surface area contributed by atoms with Crippen molar-refractivity contribution < 1.29 is 0 Å². The summed E-state index contributed by atoms with van der Waals surface area (Å²) in [4.78, 5) is 2.62. The van der Waals surface area contributed by atoms with Gasteiger partial charge in [0.1, 0.15) is 0 Å². The van der Waals surface area contributed by atoms with Crippen molar-refractivity contribution in [2.24, 2.45) is 0 Å². The maximum absolute atomic E-state index is 6.42. The van der Waals surface area contributed by atoms with Crippen LogP contribution in [0.2, 0.25) is 5.02 Å². The molecule has 0 fully saturated rings. The van der Waals surface area contributed by atoms with Crippen LogP contribution in [0.15, 0.2) is 40.2 Å². The van der Waals surface area contributed by atoms with Crippen LogP contribution in [-0.2, 0) is 13.0 Å². The summed E-state index contributed by atoms with van der Waals surface area (Å²) in [5, 5.41) is 5.54. The van der Waals surface area contributed by atoms with E-state index in [1.165, 1.54) is 18.2 Å². The molecule has 0 amide bonds. The molecule has 2 heterocycles. The first kappa shape index (κ1) is 14.5. The largest absolute Gasteiger partial charge is 0.311 e. The second-order valence-electron chi connectivity index (χ2n) is 4.47. The number of benzene rings is 1. The van der Waals surface area contributed by atoms with E-state index in [2.05, 4.69) is 51.6 Å². The Morgan fingerprint density at radius 2 is 1.95 bits per heavy atom. The molecule has 0 unspecified atom stereocenters. The third kappa shape index (κ3) is 3.26. The van der Waals surface area contributed by atoms with Crippen molar-refractivity contribution >= 4 is 60.3 Å². The third-order valence-electron chi connectivity index (χ3n) is 3.06. The van der Waals surface area contributed by atoms with E-state index in [1.807, 2.05) is 6.07 Å². The molecule has 1 nitrogen and oxygen atoms in total. The van der Waals surface area contributed by atoms with Gasteiger partial charge in [0.25, 0.3) is 0 Å². The number of fused-ring (bicyclic) bond motifs is 1. The molecule has 0 radical (unpaired) electrons. The molecule has 1 aromatic carbocycles. The lowest BCUT2D eigenvalue weighted by Gasteiger charge is -2.02. The summed E-state index contributed by atoms with van der Waals surface area (Å²) < 4.78 is 2.46. The van der Waals surface area contributed by atoms with Crippen molar-refractivity contribution in [1.29, 1.82) is 0 Å². The minimum absolute atomic E-state index is 0.838. The van der Waals surface area contributed by atoms with Crippen molar-refractivity contribution in [3.05, 3.63) is 55.0 Å². The molecule has 104 valence electrons. The SMILES string of the molecule is Clc1c(CNCCc2ccc(Br)s2)sc2ccccc12. The Hall–Kier alpha value is -0.390. The van der Waals surface area contributed by atoms with Crippen LogP contribution in [0.25, 0.3) is 10.1 Å². The van der Waals surface area contributed by atoms with Crippen LogP contribution in [0.1, 0.15) is 9.75 Å². The summed E-state index contributed by atoms with van der Waals surface area (Å²) >= 11 is 13.5. The zero-order valence-corrected chi connectivity index (χ0v) is 14.6. The number of nitrogens with one attached hydrogen (secondary N) is 1. The Balaban J connectivity index is 1.58. The molecular weight excluding hydrogens is 374 g/mol. The lowest BCUT2D eigenvalue weighted by molar-refractivity contribution is 0.698. The molecule has 0 atom stereocenters. The van der Waals surface area contributed by atoms with E-state index < -0.39 is 0 Å². The van der Waals surface area contributed by atoms with Gasteiger partial charge in [-0.05, 0) is 40.5 Å². The zero-order valence-electron chi connectivity index (χ0n) is 10.7. The van der Waals surface area contributed by atoms with Gasteiger partial charge in [-0.2, -0.15) is 0 Å². The summed E-state index contributed by atoms with van der Waals surface area (Å²) in [7, 11) is 0. The predicted molar refractivity (Wildman–Crippen MR) is 94.3 cm³/mol. The van der Waals surface area contributed by atoms with Gasteiger partial charge >= 0.3 is 0 Å². The average molecular weight is 387 g/mol. The van der Waals surface area contributed by atoms with Crippen LogP contribution >= 0.6 is 50.2 Å². The second kappa shape index (κ2) is 6.58. The summed E-state index contributed by atoms with van der Waals surface area (Å²) in [6.07, 6.45) is 1.05. The van der Waals surface area contributed by atoms with Crippen molar-refractivity contribution in [3.63, 3.8) is 0 Å². The zero-order chi connectivity index (χ0) is 13.9. The van der Waals surface area contributed by atoms with Gasteiger partial charge in [0, 0.05) is 32.9 Å². The van der Waals surface area contributed by atoms with Gasteiger partial charge in [-0.25, -0.2) is 0 Å². The normalized spacial score (nSPS) is 11.3. The maximum Gasteiger partial charge on any atom is 0.0701 e. The number of rotatable bonds is 5. The Kier molecular flexibility index (Phi) is 4.79. The monoisotopic (exact) mass is 385 g/mol. The highest BCUT2D eigenvalue weighted by atomic mass is 79.9. The molecule has 3 aromatic rings. The fraction of sp³-hybridized carbons (Fsp3) is 0.200. The highest BCUT2D eigenvalue weighted by Crippen LogP contribution is 2.34. The van der Waals surface area contributed by atoms with E-state index >= 15 is 0 Å². The number of thiophene rings is 2. The molecule has 0 spiro atoms. The number of hydrogen-bond acceptors (Lipinski definition) is 3. The van der Waals surface area contributed by atoms with Gasteiger partial charge in [-0.15, -0.1) is 22.7 Å². The maximum atomic E-state index is 6.42. The molecule has 3 rings (SSSR count). The minimum atomic E-state index is 0.838. The molecule has 20 heavy (non-hydrogen) atoms. The van der Waals surface area contributed by atoms with Crippen LogP contribution in [0.5, 0.6) is 0 Å². The first-order chi connectivity index (χ1) is 9.74. The molecule has 1 N–H and O–H groups in total. The van der Waals surface area contributed by atoms with Crippen LogP contribution in [0.3, 0.4) is 0 Å². The summed E-state index contributed by atoms with van der Waals surface area (Å²) in [5.41, 5.74) is 0. The second-order valence-corrected chi connectivity index (χ2v) is 8.53. The van der Waals surface area contributed by atoms with Gasteiger partial charge in [-0.1, -0.05) is 29.8 Å². The Labute approximate surface area is 139 Å². The van der Waals surface area contributed by atoms with E-state index in [1.54, 1.807) is 22.7 Å². The first-order valence-electron chi connectivity index (χ1n) is 6.35. The Bertz CT molecular complexity index is 720. The van der Waals surface area contributed by atoms with Crippen molar-refractivity contribution in [1.82, 2.24) is 5.32 Å². The van der Waals surface area contributed by atoms with E-state index in [0.717, 1.165) is 29.9 Å². The van der Waals surface area contributed by atoms with Gasteiger partial charge in [0.05, 0.1) is 8.81 Å². The number of halogens is 2. The Morgan fingerprint density at radius 3 is 2.70 bits per heavy atom. The molecule has 0 bridgehead atoms. The highest BCUT2D eigenvalue weighted by molar-refractivity contribution is 9.11. The molecule has 0 aliphatic rings. The highest BCUT2D eigenvalue weighted by Gasteiger charge is 2.09. The van der Waals surface area contributed by atoms with Crippen molar-refractivity contribution in [2.45, 2.75) is 13.0 Å². The summed E-state index contributed by atoms with van der Waals surface area (Å²) in [5.74, 6) is 0. The molecule has 0 saturated heterocycles. The minimum Gasteiger partial charge on any atom is -0.311 e.